The van der Waals surface area contributed by atoms with Crippen LogP contribution in [-0.4, -0.2) is 30.7 Å². The summed E-state index contributed by atoms with van der Waals surface area (Å²) in [7, 11) is 1.40. The molecule has 0 spiro atoms. The molecule has 2 aromatic rings. The van der Waals surface area contributed by atoms with Crippen LogP contribution in [0.1, 0.15) is 26.5 Å². The van der Waals surface area contributed by atoms with Crippen molar-refractivity contribution in [2.75, 3.05) is 7.11 Å². The summed E-state index contributed by atoms with van der Waals surface area (Å²) >= 11 is 1.04. The quantitative estimate of drug-likeness (QED) is 0.479. The normalized spacial score (nSPS) is 11.9. The molecule has 0 bridgehead atoms. The fourth-order valence-electron chi connectivity index (χ4n) is 1.83. The van der Waals surface area contributed by atoms with E-state index in [1.54, 1.807) is 17.5 Å². The molecule has 1 aromatic heterocycles. The lowest BCUT2D eigenvalue weighted by molar-refractivity contribution is -0.0605. The summed E-state index contributed by atoms with van der Waals surface area (Å²) in [4.78, 5) is 24.0. The van der Waals surface area contributed by atoms with Gasteiger partial charge in [0.1, 0.15) is 11.5 Å². The van der Waals surface area contributed by atoms with Gasteiger partial charge in [0, 0.05) is 5.56 Å². The maximum atomic E-state index is 13.0. The molecule has 0 aliphatic heterocycles. The third-order valence-electron chi connectivity index (χ3n) is 3.08. The minimum Gasteiger partial charge on any atom is -0.497 e. The van der Waals surface area contributed by atoms with Crippen molar-refractivity contribution in [3.8, 4) is 5.75 Å². The Bertz CT molecular complexity index is 786. The third-order valence-corrected chi connectivity index (χ3v) is 3.99. The highest BCUT2D eigenvalue weighted by Crippen LogP contribution is 2.22. The van der Waals surface area contributed by atoms with Gasteiger partial charge in [0.15, 0.2) is 5.78 Å². The van der Waals surface area contributed by atoms with E-state index < -0.39 is 30.0 Å². The van der Waals surface area contributed by atoms with Crippen LogP contribution >= 0.6 is 11.3 Å². The van der Waals surface area contributed by atoms with Crippen molar-refractivity contribution in [3.05, 3.63) is 52.2 Å². The van der Waals surface area contributed by atoms with Gasteiger partial charge in [-0.05, 0) is 29.6 Å². The molecule has 0 radical (unpaired) electrons. The topological polar surface area (TPSA) is 67.8 Å². The fraction of sp³-hybridized carbons (Fsp3) is 0.188. The SMILES string of the molecule is COc1cccc(C(=O)NN=C(CC(=O)c2cccs2)C(F)(F)F)c1. The number of alkyl halides is 3. The molecule has 132 valence electrons. The first-order valence-corrected chi connectivity index (χ1v) is 7.84. The Morgan fingerprint density at radius 3 is 2.60 bits per heavy atom. The van der Waals surface area contributed by atoms with Crippen LogP contribution in [0.25, 0.3) is 0 Å². The Kier molecular flexibility index (Phi) is 5.92. The summed E-state index contributed by atoms with van der Waals surface area (Å²) in [6.07, 6.45) is -5.79. The number of carbonyl (C=O) groups excluding carboxylic acids is 2. The first kappa shape index (κ1) is 18.7. The first-order valence-electron chi connectivity index (χ1n) is 6.96. The number of thiophene rings is 1. The molecule has 0 aliphatic rings. The third kappa shape index (κ3) is 5.15. The van der Waals surface area contributed by atoms with Crippen LogP contribution in [0.2, 0.25) is 0 Å². The second-order valence-electron chi connectivity index (χ2n) is 4.81. The summed E-state index contributed by atoms with van der Waals surface area (Å²) in [5, 5.41) is 4.70. The molecule has 1 aromatic carbocycles. The maximum absolute atomic E-state index is 13.0. The van der Waals surface area contributed by atoms with Gasteiger partial charge in [0.2, 0.25) is 0 Å². The minimum absolute atomic E-state index is 0.0780. The van der Waals surface area contributed by atoms with Crippen LogP contribution in [0.4, 0.5) is 13.2 Å². The van der Waals surface area contributed by atoms with Crippen LogP contribution < -0.4 is 10.2 Å². The van der Waals surface area contributed by atoms with E-state index in [-0.39, 0.29) is 10.4 Å². The van der Waals surface area contributed by atoms with Gasteiger partial charge in [0.25, 0.3) is 5.91 Å². The zero-order valence-corrected chi connectivity index (χ0v) is 13.8. The number of hydrazone groups is 1. The van der Waals surface area contributed by atoms with E-state index in [0.29, 0.717) is 5.75 Å². The molecule has 5 nitrogen and oxygen atoms in total. The van der Waals surface area contributed by atoms with Crippen molar-refractivity contribution in [2.45, 2.75) is 12.6 Å². The monoisotopic (exact) mass is 370 g/mol. The largest absolute Gasteiger partial charge is 0.497 e. The number of nitrogens with zero attached hydrogens (tertiary/aromatic N) is 1. The predicted molar refractivity (Wildman–Crippen MR) is 87.2 cm³/mol. The van der Waals surface area contributed by atoms with Gasteiger partial charge in [0.05, 0.1) is 18.4 Å². The molecular weight excluding hydrogens is 357 g/mol. The van der Waals surface area contributed by atoms with E-state index in [1.807, 2.05) is 5.43 Å². The second kappa shape index (κ2) is 7.93. The average molecular weight is 370 g/mol. The molecule has 0 saturated heterocycles. The number of ketones is 1. The summed E-state index contributed by atoms with van der Waals surface area (Å²) in [6.45, 7) is 0. The molecule has 0 fully saturated rings. The van der Waals surface area contributed by atoms with E-state index >= 15 is 0 Å². The summed E-state index contributed by atoms with van der Waals surface area (Å²) in [5.41, 5.74) is 0.537. The standard InChI is InChI=1S/C16H13F3N2O3S/c1-24-11-5-2-4-10(8-11)15(23)21-20-14(16(17,18)19)9-12(22)13-6-3-7-25-13/h2-8H,9H2,1H3,(H,21,23). The van der Waals surface area contributed by atoms with E-state index in [4.69, 9.17) is 4.74 Å². The van der Waals surface area contributed by atoms with E-state index in [9.17, 15) is 22.8 Å². The molecule has 0 aliphatic carbocycles. The van der Waals surface area contributed by atoms with Crippen LogP contribution in [0.15, 0.2) is 46.9 Å². The van der Waals surface area contributed by atoms with Crippen molar-refractivity contribution in [3.63, 3.8) is 0 Å². The minimum atomic E-state index is -4.84. The number of Topliss-reactive ketones (excluding diaryl/α,β-unsaturated/α-hetero) is 1. The van der Waals surface area contributed by atoms with Gasteiger partial charge in [-0.25, -0.2) is 5.43 Å². The number of hydrogen-bond acceptors (Lipinski definition) is 5. The highest BCUT2D eigenvalue weighted by atomic mass is 32.1. The fourth-order valence-corrected chi connectivity index (χ4v) is 2.49. The lowest BCUT2D eigenvalue weighted by Gasteiger charge is -2.10. The summed E-state index contributed by atoms with van der Waals surface area (Å²) in [5.74, 6) is -1.19. The Labute approximate surface area is 145 Å². The number of rotatable bonds is 6. The molecule has 0 atom stereocenters. The molecule has 0 saturated carbocycles. The molecule has 9 heteroatoms. The predicted octanol–water partition coefficient (Wildman–Crippen LogP) is 3.68. The van der Waals surface area contributed by atoms with Crippen molar-refractivity contribution >= 4 is 28.7 Å². The number of ether oxygens (including phenoxy) is 1. The summed E-state index contributed by atoms with van der Waals surface area (Å²) in [6, 6.07) is 8.85. The Morgan fingerprint density at radius 2 is 2.00 bits per heavy atom. The van der Waals surface area contributed by atoms with E-state index in [0.717, 1.165) is 11.3 Å². The zero-order valence-electron chi connectivity index (χ0n) is 13.0. The van der Waals surface area contributed by atoms with Gasteiger partial charge in [-0.3, -0.25) is 9.59 Å². The average Bonchev–Trinajstić information content (AvgIpc) is 3.11. The number of nitrogens with one attached hydrogen (secondary N) is 1. The molecule has 1 heterocycles. The van der Waals surface area contributed by atoms with Crippen LogP contribution in [0, 0.1) is 0 Å². The van der Waals surface area contributed by atoms with Gasteiger partial charge in [-0.2, -0.15) is 18.3 Å². The number of carbonyl (C=O) groups is 2. The van der Waals surface area contributed by atoms with Gasteiger partial charge in [-0.1, -0.05) is 12.1 Å². The number of amides is 1. The van der Waals surface area contributed by atoms with Crippen molar-refractivity contribution in [1.82, 2.24) is 5.43 Å². The van der Waals surface area contributed by atoms with Crippen molar-refractivity contribution < 1.29 is 27.5 Å². The first-order chi connectivity index (χ1) is 11.8. The second-order valence-corrected chi connectivity index (χ2v) is 5.75. The number of benzene rings is 1. The number of halogens is 3. The smallest absolute Gasteiger partial charge is 0.431 e. The zero-order chi connectivity index (χ0) is 18.4. The van der Waals surface area contributed by atoms with Crippen molar-refractivity contribution in [1.29, 1.82) is 0 Å². The Morgan fingerprint density at radius 1 is 1.24 bits per heavy atom. The molecule has 25 heavy (non-hydrogen) atoms. The van der Waals surface area contributed by atoms with Crippen LogP contribution in [0.3, 0.4) is 0 Å². The molecule has 2 rings (SSSR count). The van der Waals surface area contributed by atoms with E-state index in [1.165, 1.54) is 31.4 Å². The van der Waals surface area contributed by atoms with Crippen LogP contribution in [-0.2, 0) is 0 Å². The Hall–Kier alpha value is -2.68. The number of hydrogen-bond donors (Lipinski definition) is 1. The van der Waals surface area contributed by atoms with Crippen LogP contribution in [0.5, 0.6) is 5.75 Å². The highest BCUT2D eigenvalue weighted by Gasteiger charge is 2.37. The lowest BCUT2D eigenvalue weighted by atomic mass is 10.1. The van der Waals surface area contributed by atoms with Gasteiger partial charge >= 0.3 is 6.18 Å². The van der Waals surface area contributed by atoms with E-state index in [2.05, 4.69) is 5.10 Å². The molecule has 0 unspecified atom stereocenters. The number of methoxy groups -OCH3 is 1. The van der Waals surface area contributed by atoms with Crippen molar-refractivity contribution in [2.24, 2.45) is 5.10 Å². The molecular formula is C16H13F3N2O3S. The lowest BCUT2D eigenvalue weighted by Crippen LogP contribution is -2.30. The maximum Gasteiger partial charge on any atom is 0.431 e. The van der Waals surface area contributed by atoms with Gasteiger partial charge in [-0.15, -0.1) is 11.3 Å². The summed E-state index contributed by atoms with van der Waals surface area (Å²) < 4.78 is 44.1. The van der Waals surface area contributed by atoms with Gasteiger partial charge < -0.3 is 4.74 Å². The molecule has 1 amide bonds. The molecule has 1 N–H and O–H groups in total. The highest BCUT2D eigenvalue weighted by molar-refractivity contribution is 7.12. The Balaban J connectivity index is 2.14.